The zero-order chi connectivity index (χ0) is 12.3. The van der Waals surface area contributed by atoms with Gasteiger partial charge in [0.1, 0.15) is 5.60 Å². The minimum absolute atomic E-state index is 0.135. The minimum atomic E-state index is -0.430. The van der Waals surface area contributed by atoms with E-state index in [1.54, 1.807) is 12.0 Å². The summed E-state index contributed by atoms with van der Waals surface area (Å²) in [6.45, 7) is 9.16. The van der Waals surface area contributed by atoms with E-state index in [1.165, 1.54) is 0 Å². The second kappa shape index (κ2) is 5.04. The van der Waals surface area contributed by atoms with Crippen molar-refractivity contribution in [2.24, 2.45) is 5.92 Å². The van der Waals surface area contributed by atoms with Gasteiger partial charge >= 0.3 is 6.09 Å². The molecule has 2 atom stereocenters. The van der Waals surface area contributed by atoms with Gasteiger partial charge in [-0.25, -0.2) is 4.79 Å². The summed E-state index contributed by atoms with van der Waals surface area (Å²) in [7, 11) is 1.69. The Balaban J connectivity index is 2.55. The quantitative estimate of drug-likeness (QED) is 0.692. The third-order valence-electron chi connectivity index (χ3n) is 2.61. The predicted octanol–water partition coefficient (Wildman–Crippen LogP) is 2.28. The van der Waals surface area contributed by atoms with Crippen LogP contribution in [0.15, 0.2) is 0 Å². The van der Waals surface area contributed by atoms with Gasteiger partial charge in [0.05, 0.1) is 12.6 Å². The first-order chi connectivity index (χ1) is 7.31. The molecule has 0 aliphatic carbocycles. The van der Waals surface area contributed by atoms with Crippen LogP contribution in [0.25, 0.3) is 0 Å². The van der Waals surface area contributed by atoms with Gasteiger partial charge in [0.25, 0.3) is 0 Å². The topological polar surface area (TPSA) is 38.8 Å². The van der Waals surface area contributed by atoms with Gasteiger partial charge in [-0.2, -0.15) is 0 Å². The molecule has 4 heteroatoms. The van der Waals surface area contributed by atoms with Gasteiger partial charge in [-0.05, 0) is 33.1 Å². The lowest BCUT2D eigenvalue weighted by molar-refractivity contribution is -0.0172. The summed E-state index contributed by atoms with van der Waals surface area (Å²) in [4.78, 5) is 13.6. The number of hydrogen-bond acceptors (Lipinski definition) is 3. The molecular weight excluding hydrogens is 206 g/mol. The fourth-order valence-electron chi connectivity index (χ4n) is 1.94. The maximum absolute atomic E-state index is 11.9. The van der Waals surface area contributed by atoms with Crippen LogP contribution in [0.4, 0.5) is 4.79 Å². The van der Waals surface area contributed by atoms with Gasteiger partial charge in [0, 0.05) is 13.7 Å². The van der Waals surface area contributed by atoms with Crippen molar-refractivity contribution >= 4 is 6.09 Å². The Morgan fingerprint density at radius 1 is 1.31 bits per heavy atom. The molecule has 1 amide bonds. The summed E-state index contributed by atoms with van der Waals surface area (Å²) < 4.78 is 10.7. The molecular formula is C12H23NO3. The molecule has 0 aromatic carbocycles. The molecule has 1 heterocycles. The molecule has 1 fully saturated rings. The molecule has 1 aliphatic rings. The van der Waals surface area contributed by atoms with Crippen molar-refractivity contribution in [2.45, 2.75) is 45.8 Å². The summed E-state index contributed by atoms with van der Waals surface area (Å²) in [5.74, 6) is 0.464. The van der Waals surface area contributed by atoms with Gasteiger partial charge in [-0.15, -0.1) is 0 Å². The number of piperidine rings is 1. The second-order valence-electron chi connectivity index (χ2n) is 5.58. The van der Waals surface area contributed by atoms with E-state index in [0.29, 0.717) is 12.5 Å². The number of carbonyl (C=O) groups excluding carboxylic acids is 1. The van der Waals surface area contributed by atoms with Crippen LogP contribution in [-0.4, -0.2) is 42.9 Å². The number of likely N-dealkylation sites (tertiary alicyclic amines) is 1. The van der Waals surface area contributed by atoms with Crippen molar-refractivity contribution < 1.29 is 14.3 Å². The SMILES string of the molecule is COC1CC(C)CN(C(=O)OC(C)(C)C)C1. The highest BCUT2D eigenvalue weighted by molar-refractivity contribution is 5.68. The number of nitrogens with zero attached hydrogens (tertiary/aromatic N) is 1. The molecule has 1 aliphatic heterocycles. The van der Waals surface area contributed by atoms with Crippen molar-refractivity contribution in [1.82, 2.24) is 4.90 Å². The molecule has 4 nitrogen and oxygen atoms in total. The first kappa shape index (κ1) is 13.3. The first-order valence-corrected chi connectivity index (χ1v) is 5.82. The average Bonchev–Trinajstić information content (AvgIpc) is 2.14. The number of ether oxygens (including phenoxy) is 2. The summed E-state index contributed by atoms with van der Waals surface area (Å²) in [5.41, 5.74) is -0.430. The fraction of sp³-hybridized carbons (Fsp3) is 0.917. The zero-order valence-corrected chi connectivity index (χ0v) is 10.9. The molecule has 0 bridgehead atoms. The number of carbonyl (C=O) groups is 1. The van der Waals surface area contributed by atoms with Gasteiger partial charge in [0.2, 0.25) is 0 Å². The van der Waals surface area contributed by atoms with E-state index in [9.17, 15) is 4.79 Å². The fourth-order valence-corrected chi connectivity index (χ4v) is 1.94. The molecule has 1 saturated heterocycles. The zero-order valence-electron chi connectivity index (χ0n) is 10.9. The molecule has 2 unspecified atom stereocenters. The monoisotopic (exact) mass is 229 g/mol. The van der Waals surface area contributed by atoms with Gasteiger partial charge in [-0.3, -0.25) is 0 Å². The van der Waals surface area contributed by atoms with E-state index in [4.69, 9.17) is 9.47 Å². The van der Waals surface area contributed by atoms with Crippen LogP contribution in [0.2, 0.25) is 0 Å². The molecule has 0 saturated carbocycles. The van der Waals surface area contributed by atoms with Crippen molar-refractivity contribution in [3.05, 3.63) is 0 Å². The third kappa shape index (κ3) is 4.00. The number of amides is 1. The van der Waals surface area contributed by atoms with Crippen LogP contribution in [0.1, 0.15) is 34.1 Å². The first-order valence-electron chi connectivity index (χ1n) is 5.82. The lowest BCUT2D eigenvalue weighted by atomic mass is 9.98. The Kier molecular flexibility index (Phi) is 4.19. The molecule has 0 spiro atoms. The molecule has 1 rings (SSSR count). The average molecular weight is 229 g/mol. The normalized spacial score (nSPS) is 26.7. The lowest BCUT2D eigenvalue weighted by Crippen LogP contribution is -2.47. The highest BCUT2D eigenvalue weighted by Crippen LogP contribution is 2.20. The second-order valence-corrected chi connectivity index (χ2v) is 5.58. The van der Waals surface area contributed by atoms with Crippen molar-refractivity contribution in [1.29, 1.82) is 0 Å². The summed E-state index contributed by atoms with van der Waals surface area (Å²) in [6, 6.07) is 0. The third-order valence-corrected chi connectivity index (χ3v) is 2.61. The van der Waals surface area contributed by atoms with E-state index in [2.05, 4.69) is 6.92 Å². The Morgan fingerprint density at radius 3 is 2.44 bits per heavy atom. The summed E-state index contributed by atoms with van der Waals surface area (Å²) >= 11 is 0. The standard InChI is InChI=1S/C12H23NO3/c1-9-6-10(15-5)8-13(7-9)11(14)16-12(2,3)4/h9-10H,6-8H2,1-5H3. The summed E-state index contributed by atoms with van der Waals surface area (Å²) in [6.07, 6.45) is 0.910. The smallest absolute Gasteiger partial charge is 0.410 e. The molecule has 0 N–H and O–H groups in total. The molecule has 16 heavy (non-hydrogen) atoms. The molecule has 0 radical (unpaired) electrons. The van der Waals surface area contributed by atoms with Crippen molar-refractivity contribution in [3.8, 4) is 0 Å². The van der Waals surface area contributed by atoms with Gasteiger partial charge in [-0.1, -0.05) is 6.92 Å². The van der Waals surface area contributed by atoms with E-state index in [1.807, 2.05) is 20.8 Å². The number of hydrogen-bond donors (Lipinski definition) is 0. The molecule has 94 valence electrons. The lowest BCUT2D eigenvalue weighted by Gasteiger charge is -2.36. The number of rotatable bonds is 1. The highest BCUT2D eigenvalue weighted by Gasteiger charge is 2.30. The van der Waals surface area contributed by atoms with E-state index in [-0.39, 0.29) is 12.2 Å². The molecule has 0 aromatic heterocycles. The Hall–Kier alpha value is -0.770. The Labute approximate surface area is 97.9 Å². The maximum atomic E-state index is 11.9. The Bertz CT molecular complexity index is 247. The number of methoxy groups -OCH3 is 1. The minimum Gasteiger partial charge on any atom is -0.444 e. The Morgan fingerprint density at radius 2 is 1.94 bits per heavy atom. The highest BCUT2D eigenvalue weighted by atomic mass is 16.6. The largest absolute Gasteiger partial charge is 0.444 e. The van der Waals surface area contributed by atoms with Crippen LogP contribution in [0, 0.1) is 5.92 Å². The van der Waals surface area contributed by atoms with E-state index < -0.39 is 5.60 Å². The van der Waals surface area contributed by atoms with E-state index in [0.717, 1.165) is 13.0 Å². The van der Waals surface area contributed by atoms with Crippen LogP contribution < -0.4 is 0 Å². The van der Waals surface area contributed by atoms with E-state index >= 15 is 0 Å². The van der Waals surface area contributed by atoms with Crippen LogP contribution in [-0.2, 0) is 9.47 Å². The predicted molar refractivity (Wildman–Crippen MR) is 62.4 cm³/mol. The van der Waals surface area contributed by atoms with Crippen LogP contribution >= 0.6 is 0 Å². The molecule has 0 aromatic rings. The van der Waals surface area contributed by atoms with Crippen LogP contribution in [0.3, 0.4) is 0 Å². The van der Waals surface area contributed by atoms with Gasteiger partial charge < -0.3 is 14.4 Å². The maximum Gasteiger partial charge on any atom is 0.410 e. The van der Waals surface area contributed by atoms with Crippen molar-refractivity contribution in [2.75, 3.05) is 20.2 Å². The van der Waals surface area contributed by atoms with Crippen molar-refractivity contribution in [3.63, 3.8) is 0 Å². The summed E-state index contributed by atoms with van der Waals surface area (Å²) in [5, 5.41) is 0. The van der Waals surface area contributed by atoms with Crippen LogP contribution in [0.5, 0.6) is 0 Å². The van der Waals surface area contributed by atoms with Gasteiger partial charge in [0.15, 0.2) is 0 Å².